The number of nitro groups is 1. The molecular formula is C12H15ClN4O4S. The number of hydrazone groups is 1. The van der Waals surface area contributed by atoms with Crippen LogP contribution in [0.5, 0.6) is 5.75 Å². The Labute approximate surface area is 137 Å². The van der Waals surface area contributed by atoms with Crippen molar-refractivity contribution in [2.24, 2.45) is 5.10 Å². The number of phenols is 1. The molecule has 0 spiro atoms. The molecule has 0 fully saturated rings. The summed E-state index contributed by atoms with van der Waals surface area (Å²) in [5, 5.41) is 27.6. The molecule has 10 heteroatoms. The fourth-order valence-electron chi connectivity index (χ4n) is 1.55. The number of benzene rings is 1. The van der Waals surface area contributed by atoms with Crippen molar-refractivity contribution < 1.29 is 14.8 Å². The van der Waals surface area contributed by atoms with Gasteiger partial charge in [-0.2, -0.15) is 5.10 Å². The lowest BCUT2D eigenvalue weighted by atomic mass is 10.2. The molecule has 0 unspecified atom stereocenters. The highest BCUT2D eigenvalue weighted by molar-refractivity contribution is 7.80. The second-order valence-corrected chi connectivity index (χ2v) is 5.16. The highest BCUT2D eigenvalue weighted by Gasteiger charge is 2.17. The third-order valence-corrected chi connectivity index (χ3v) is 2.87. The average molecular weight is 347 g/mol. The second kappa shape index (κ2) is 8.47. The number of phenolic OH excluding ortho intramolecular Hbond substituents is 1. The van der Waals surface area contributed by atoms with Crippen molar-refractivity contribution in [1.29, 1.82) is 0 Å². The van der Waals surface area contributed by atoms with Gasteiger partial charge in [0, 0.05) is 29.8 Å². The Morgan fingerprint density at radius 3 is 2.95 bits per heavy atom. The maximum Gasteiger partial charge on any atom is 0.312 e. The number of nitrogens with zero attached hydrogens (tertiary/aromatic N) is 2. The smallest absolute Gasteiger partial charge is 0.312 e. The minimum Gasteiger partial charge on any atom is -0.502 e. The second-order valence-electron chi connectivity index (χ2n) is 4.32. The highest BCUT2D eigenvalue weighted by atomic mass is 35.5. The Balaban J connectivity index is 2.75. The molecule has 0 aliphatic heterocycles. The van der Waals surface area contributed by atoms with E-state index in [-0.39, 0.29) is 21.7 Å². The van der Waals surface area contributed by atoms with Crippen LogP contribution in [-0.2, 0) is 4.74 Å². The van der Waals surface area contributed by atoms with Gasteiger partial charge < -0.3 is 15.2 Å². The topological polar surface area (TPSA) is 109 Å². The fourth-order valence-corrected chi connectivity index (χ4v) is 2.03. The zero-order valence-electron chi connectivity index (χ0n) is 11.9. The average Bonchev–Trinajstić information content (AvgIpc) is 2.42. The van der Waals surface area contributed by atoms with E-state index in [9.17, 15) is 15.2 Å². The molecular weight excluding hydrogens is 332 g/mol. The van der Waals surface area contributed by atoms with E-state index in [0.29, 0.717) is 6.61 Å². The third-order valence-electron chi connectivity index (χ3n) is 2.44. The molecule has 1 aromatic rings. The van der Waals surface area contributed by atoms with E-state index in [4.69, 9.17) is 28.6 Å². The number of thiocarbonyl (C=S) groups is 1. The lowest BCUT2D eigenvalue weighted by Crippen LogP contribution is -2.40. The molecule has 1 atom stereocenters. The number of ether oxygens (including phenoxy) is 1. The van der Waals surface area contributed by atoms with Crippen molar-refractivity contribution in [2.45, 2.75) is 13.0 Å². The van der Waals surface area contributed by atoms with Gasteiger partial charge in [0.15, 0.2) is 5.11 Å². The Bertz CT molecular complexity index is 597. The Kier molecular flexibility index (Phi) is 6.96. The highest BCUT2D eigenvalue weighted by Crippen LogP contribution is 2.32. The third kappa shape index (κ3) is 5.43. The summed E-state index contributed by atoms with van der Waals surface area (Å²) >= 11 is 10.8. The van der Waals surface area contributed by atoms with Crippen LogP contribution in [0.4, 0.5) is 5.69 Å². The molecule has 22 heavy (non-hydrogen) atoms. The molecule has 0 saturated carbocycles. The molecule has 0 aliphatic carbocycles. The minimum atomic E-state index is -0.732. The summed E-state index contributed by atoms with van der Waals surface area (Å²) in [6.07, 6.45) is 1.18. The van der Waals surface area contributed by atoms with Gasteiger partial charge >= 0.3 is 5.69 Å². The number of nitrogens with one attached hydrogen (secondary N) is 2. The molecule has 1 rings (SSSR count). The first-order valence-corrected chi connectivity index (χ1v) is 6.89. The van der Waals surface area contributed by atoms with Crippen LogP contribution >= 0.6 is 23.8 Å². The number of hydrogen-bond donors (Lipinski definition) is 3. The van der Waals surface area contributed by atoms with Crippen LogP contribution in [-0.4, -0.2) is 41.1 Å². The molecule has 0 amide bonds. The predicted octanol–water partition coefficient (Wildman–Crippen LogP) is 1.79. The lowest BCUT2D eigenvalue weighted by Gasteiger charge is -2.13. The van der Waals surface area contributed by atoms with E-state index in [0.717, 1.165) is 6.07 Å². The predicted molar refractivity (Wildman–Crippen MR) is 87.6 cm³/mol. The van der Waals surface area contributed by atoms with Gasteiger partial charge in [0.05, 0.1) is 17.7 Å². The summed E-state index contributed by atoms with van der Waals surface area (Å²) in [6, 6.07) is 2.39. The number of hydrogen-bond acceptors (Lipinski definition) is 6. The Morgan fingerprint density at radius 1 is 1.68 bits per heavy atom. The van der Waals surface area contributed by atoms with E-state index in [2.05, 4.69) is 15.8 Å². The van der Waals surface area contributed by atoms with Crippen LogP contribution in [0.3, 0.4) is 0 Å². The van der Waals surface area contributed by atoms with Crippen LogP contribution in [0, 0.1) is 10.1 Å². The lowest BCUT2D eigenvalue weighted by molar-refractivity contribution is -0.385. The molecule has 0 aliphatic rings. The van der Waals surface area contributed by atoms with Crippen LogP contribution < -0.4 is 10.7 Å². The zero-order chi connectivity index (χ0) is 16.7. The van der Waals surface area contributed by atoms with Crippen molar-refractivity contribution >= 4 is 40.8 Å². The van der Waals surface area contributed by atoms with Crippen LogP contribution in [0.15, 0.2) is 17.2 Å². The summed E-state index contributed by atoms with van der Waals surface area (Å²) in [6.45, 7) is 2.33. The van der Waals surface area contributed by atoms with E-state index in [1.807, 2.05) is 6.92 Å². The van der Waals surface area contributed by atoms with E-state index in [1.165, 1.54) is 12.3 Å². The van der Waals surface area contributed by atoms with E-state index >= 15 is 0 Å². The van der Waals surface area contributed by atoms with Crippen molar-refractivity contribution in [1.82, 2.24) is 10.7 Å². The molecule has 0 radical (unpaired) electrons. The molecule has 0 aromatic heterocycles. The maximum atomic E-state index is 10.8. The van der Waals surface area contributed by atoms with Crippen molar-refractivity contribution in [2.75, 3.05) is 13.7 Å². The van der Waals surface area contributed by atoms with Crippen LogP contribution in [0.25, 0.3) is 0 Å². The van der Waals surface area contributed by atoms with Gasteiger partial charge in [0.1, 0.15) is 0 Å². The molecule has 3 N–H and O–H groups in total. The summed E-state index contributed by atoms with van der Waals surface area (Å²) in [5.74, 6) is -0.522. The molecule has 0 saturated heterocycles. The van der Waals surface area contributed by atoms with E-state index < -0.39 is 16.4 Å². The molecule has 0 bridgehead atoms. The SMILES string of the molecule is COC[C@@H](C)NC(=S)N/N=C\c1cc(Cl)cc([N+](=O)[O-])c1O. The fraction of sp³-hybridized carbons (Fsp3) is 0.333. The number of aromatic hydroxyl groups is 1. The summed E-state index contributed by atoms with van der Waals surface area (Å²) in [7, 11) is 1.57. The summed E-state index contributed by atoms with van der Waals surface area (Å²) < 4.78 is 4.94. The number of methoxy groups -OCH3 is 1. The minimum absolute atomic E-state index is 0.0131. The van der Waals surface area contributed by atoms with Gasteiger partial charge in [-0.15, -0.1) is 0 Å². The van der Waals surface area contributed by atoms with Gasteiger partial charge in [0.2, 0.25) is 5.75 Å². The monoisotopic (exact) mass is 346 g/mol. The molecule has 1 aromatic carbocycles. The van der Waals surface area contributed by atoms with Crippen LogP contribution in [0.1, 0.15) is 12.5 Å². The normalized spacial score (nSPS) is 12.1. The van der Waals surface area contributed by atoms with Crippen molar-refractivity contribution in [3.8, 4) is 5.75 Å². The Hall–Kier alpha value is -1.97. The molecule has 0 heterocycles. The largest absolute Gasteiger partial charge is 0.502 e. The molecule has 8 nitrogen and oxygen atoms in total. The van der Waals surface area contributed by atoms with Gasteiger partial charge in [0.25, 0.3) is 0 Å². The maximum absolute atomic E-state index is 10.8. The first kappa shape index (κ1) is 18.1. The Morgan fingerprint density at radius 2 is 2.36 bits per heavy atom. The number of rotatable bonds is 6. The van der Waals surface area contributed by atoms with Gasteiger partial charge in [-0.1, -0.05) is 11.6 Å². The number of halogens is 1. The summed E-state index contributed by atoms with van der Waals surface area (Å²) in [4.78, 5) is 10.0. The van der Waals surface area contributed by atoms with E-state index in [1.54, 1.807) is 7.11 Å². The zero-order valence-corrected chi connectivity index (χ0v) is 13.4. The molecule has 120 valence electrons. The van der Waals surface area contributed by atoms with Crippen molar-refractivity contribution in [3.05, 3.63) is 32.8 Å². The number of nitro benzene ring substituents is 1. The van der Waals surface area contributed by atoms with Gasteiger partial charge in [-0.3, -0.25) is 15.5 Å². The van der Waals surface area contributed by atoms with Crippen molar-refractivity contribution in [3.63, 3.8) is 0 Å². The van der Waals surface area contributed by atoms with Gasteiger partial charge in [-0.25, -0.2) is 0 Å². The van der Waals surface area contributed by atoms with Crippen LogP contribution in [0.2, 0.25) is 5.02 Å². The van der Waals surface area contributed by atoms with Gasteiger partial charge in [-0.05, 0) is 25.2 Å². The first-order chi connectivity index (χ1) is 10.3. The first-order valence-electron chi connectivity index (χ1n) is 6.10. The standard InChI is InChI=1S/C12H15ClN4O4S/c1-7(6-21-2)15-12(22)16-14-5-8-3-9(13)4-10(11(8)18)17(19)20/h3-5,7,18H,6H2,1-2H3,(H2,15,16,22)/b14-5-/t7-/m1/s1. The quantitative estimate of drug-likeness (QED) is 0.312. The summed E-state index contributed by atoms with van der Waals surface area (Å²) in [5.41, 5.74) is 2.13.